The molecule has 2 N–H and O–H groups in total. The minimum Gasteiger partial charge on any atom is -0.354 e. The second-order valence-corrected chi connectivity index (χ2v) is 8.72. The summed E-state index contributed by atoms with van der Waals surface area (Å²) in [5.74, 6) is 0.501. The number of ketones is 1. The van der Waals surface area contributed by atoms with Crippen molar-refractivity contribution in [3.8, 4) is 6.07 Å². The first-order valence-electron chi connectivity index (χ1n) is 11.1. The summed E-state index contributed by atoms with van der Waals surface area (Å²) in [7, 11) is 0. The monoisotopic (exact) mass is 444 g/mol. The fraction of sp³-hybridized carbons (Fsp3) is 0.360. The summed E-state index contributed by atoms with van der Waals surface area (Å²) < 4.78 is 3.16. The van der Waals surface area contributed by atoms with Gasteiger partial charge < -0.3 is 15.2 Å². The van der Waals surface area contributed by atoms with Crippen molar-refractivity contribution < 1.29 is 4.79 Å². The second-order valence-electron chi connectivity index (χ2n) is 8.72. The molecule has 0 bridgehead atoms. The van der Waals surface area contributed by atoms with Crippen LogP contribution >= 0.6 is 0 Å². The van der Waals surface area contributed by atoms with Gasteiger partial charge in [-0.25, -0.2) is 4.98 Å². The van der Waals surface area contributed by atoms with E-state index in [9.17, 15) is 14.9 Å². The molecule has 0 amide bonds. The predicted molar refractivity (Wildman–Crippen MR) is 128 cm³/mol. The van der Waals surface area contributed by atoms with Crippen LogP contribution in [0.3, 0.4) is 0 Å². The number of hydrogen-bond acceptors (Lipinski definition) is 6. The highest BCUT2D eigenvalue weighted by Crippen LogP contribution is 2.32. The van der Waals surface area contributed by atoms with Gasteiger partial charge in [-0.2, -0.15) is 5.26 Å². The molecule has 1 aromatic carbocycles. The van der Waals surface area contributed by atoms with Gasteiger partial charge in [0.2, 0.25) is 0 Å². The standard InChI is InChI=1S/C25H28N6O2/c1-4-17-6-5-7-18(10-17)21(32)14-30-15-28-22-20(11-26)24(29-12-19(27)13-29)31(9-8-16(2)3)23(22)25(30)33/h5-8,10,15,19H,4,9,12-14,27H2,1-3H3. The number of carbonyl (C=O) groups excluding carboxylic acids is 1. The van der Waals surface area contributed by atoms with Gasteiger partial charge in [-0.3, -0.25) is 14.2 Å². The van der Waals surface area contributed by atoms with Crippen LogP contribution in [0.4, 0.5) is 5.82 Å². The first-order valence-corrected chi connectivity index (χ1v) is 11.1. The van der Waals surface area contributed by atoms with E-state index in [1.165, 1.54) is 10.9 Å². The number of aromatic nitrogens is 3. The van der Waals surface area contributed by atoms with E-state index in [4.69, 9.17) is 5.73 Å². The van der Waals surface area contributed by atoms with Crippen molar-refractivity contribution in [3.05, 3.63) is 69.3 Å². The lowest BCUT2D eigenvalue weighted by molar-refractivity contribution is 0.0970. The molecule has 170 valence electrons. The Morgan fingerprint density at radius 3 is 2.73 bits per heavy atom. The van der Waals surface area contributed by atoms with Crippen LogP contribution in [0.25, 0.3) is 11.0 Å². The number of rotatable bonds is 7. The summed E-state index contributed by atoms with van der Waals surface area (Å²) in [6.45, 7) is 7.53. The Hall–Kier alpha value is -3.70. The number of anilines is 1. The molecule has 4 rings (SSSR count). The summed E-state index contributed by atoms with van der Waals surface area (Å²) in [5, 5.41) is 9.91. The number of Topliss-reactive ketones (excluding diaryl/α,β-unsaturated/α-hetero) is 1. The Kier molecular flexibility index (Phi) is 6.16. The van der Waals surface area contributed by atoms with Gasteiger partial charge in [0.1, 0.15) is 28.5 Å². The first kappa shape index (κ1) is 22.5. The fourth-order valence-electron chi connectivity index (χ4n) is 4.14. The van der Waals surface area contributed by atoms with Crippen LogP contribution in [0.15, 0.2) is 47.0 Å². The van der Waals surface area contributed by atoms with Crippen LogP contribution in [0.5, 0.6) is 0 Å². The maximum Gasteiger partial charge on any atom is 0.278 e. The molecule has 0 aliphatic carbocycles. The van der Waals surface area contributed by atoms with Crippen LogP contribution in [0, 0.1) is 11.3 Å². The molecule has 0 unspecified atom stereocenters. The minimum absolute atomic E-state index is 0.0348. The van der Waals surface area contributed by atoms with Crippen molar-refractivity contribution in [2.45, 2.75) is 46.3 Å². The number of benzene rings is 1. The number of nitriles is 1. The van der Waals surface area contributed by atoms with Crippen molar-refractivity contribution in [1.82, 2.24) is 14.1 Å². The molecule has 1 saturated heterocycles. The second kappa shape index (κ2) is 9.04. The van der Waals surface area contributed by atoms with Gasteiger partial charge in [0.05, 0.1) is 12.9 Å². The summed E-state index contributed by atoms with van der Waals surface area (Å²) >= 11 is 0. The molecule has 1 aliphatic rings. The fourth-order valence-corrected chi connectivity index (χ4v) is 4.14. The lowest BCUT2D eigenvalue weighted by atomic mass is 10.1. The quantitative estimate of drug-likeness (QED) is 0.443. The van der Waals surface area contributed by atoms with Crippen molar-refractivity contribution in [2.75, 3.05) is 18.0 Å². The Balaban J connectivity index is 1.82. The number of allylic oxidation sites excluding steroid dienone is 2. The van der Waals surface area contributed by atoms with Gasteiger partial charge in [-0.1, -0.05) is 36.8 Å². The third kappa shape index (κ3) is 4.20. The normalized spacial score (nSPS) is 13.6. The zero-order valence-corrected chi connectivity index (χ0v) is 19.2. The number of fused-ring (bicyclic) bond motifs is 1. The van der Waals surface area contributed by atoms with Crippen LogP contribution in [-0.2, 0) is 19.5 Å². The van der Waals surface area contributed by atoms with E-state index in [1.807, 2.05) is 54.5 Å². The lowest BCUT2D eigenvalue weighted by Crippen LogP contribution is -2.56. The largest absolute Gasteiger partial charge is 0.354 e. The molecule has 1 fully saturated rings. The zero-order chi connectivity index (χ0) is 23.7. The van der Waals surface area contributed by atoms with Crippen molar-refractivity contribution >= 4 is 22.6 Å². The van der Waals surface area contributed by atoms with Crippen LogP contribution in [0.2, 0.25) is 0 Å². The highest BCUT2D eigenvalue weighted by Gasteiger charge is 2.32. The van der Waals surface area contributed by atoms with Crippen LogP contribution in [0.1, 0.15) is 42.3 Å². The predicted octanol–water partition coefficient (Wildman–Crippen LogP) is 2.63. The molecule has 33 heavy (non-hydrogen) atoms. The third-order valence-electron chi connectivity index (χ3n) is 5.97. The van der Waals surface area contributed by atoms with Crippen molar-refractivity contribution in [3.63, 3.8) is 0 Å². The van der Waals surface area contributed by atoms with E-state index < -0.39 is 0 Å². The summed E-state index contributed by atoms with van der Waals surface area (Å²) in [4.78, 5) is 32.9. The Morgan fingerprint density at radius 2 is 2.09 bits per heavy atom. The highest BCUT2D eigenvalue weighted by atomic mass is 16.1. The molecule has 0 spiro atoms. The van der Waals surface area contributed by atoms with E-state index in [1.54, 1.807) is 6.07 Å². The molecule has 2 aromatic heterocycles. The Labute approximate surface area is 192 Å². The minimum atomic E-state index is -0.338. The van der Waals surface area contributed by atoms with Crippen LogP contribution in [-0.4, -0.2) is 39.0 Å². The Morgan fingerprint density at radius 1 is 1.33 bits per heavy atom. The number of carbonyl (C=O) groups is 1. The number of hydrogen-bond donors (Lipinski definition) is 1. The van der Waals surface area contributed by atoms with Gasteiger partial charge in [-0.05, 0) is 31.9 Å². The summed E-state index contributed by atoms with van der Waals surface area (Å²) in [6, 6.07) is 9.71. The molecule has 3 heterocycles. The molecule has 1 aliphatic heterocycles. The SMILES string of the molecule is CCc1cccc(C(=O)Cn2cnc3c(C#N)c(N4CC(N)C4)n(CC=C(C)C)c3c2=O)c1. The molecule has 0 radical (unpaired) electrons. The number of aryl methyl sites for hydroxylation is 1. The van der Waals surface area contributed by atoms with E-state index in [0.29, 0.717) is 47.6 Å². The first-order chi connectivity index (χ1) is 15.8. The van der Waals surface area contributed by atoms with E-state index in [2.05, 4.69) is 11.1 Å². The van der Waals surface area contributed by atoms with Gasteiger partial charge in [0.15, 0.2) is 5.78 Å². The van der Waals surface area contributed by atoms with Crippen LogP contribution < -0.4 is 16.2 Å². The lowest BCUT2D eigenvalue weighted by Gasteiger charge is -2.39. The van der Waals surface area contributed by atoms with Gasteiger partial charge >= 0.3 is 0 Å². The van der Waals surface area contributed by atoms with E-state index in [-0.39, 0.29) is 23.9 Å². The smallest absolute Gasteiger partial charge is 0.278 e. The third-order valence-corrected chi connectivity index (χ3v) is 5.97. The molecular weight excluding hydrogens is 416 g/mol. The van der Waals surface area contributed by atoms with Crippen molar-refractivity contribution in [2.24, 2.45) is 5.73 Å². The molecule has 0 saturated carbocycles. The molecule has 8 heteroatoms. The van der Waals surface area contributed by atoms with E-state index >= 15 is 0 Å². The molecule has 0 atom stereocenters. The molecule has 3 aromatic rings. The van der Waals surface area contributed by atoms with Gasteiger partial charge in [0.25, 0.3) is 5.56 Å². The van der Waals surface area contributed by atoms with E-state index in [0.717, 1.165) is 17.6 Å². The zero-order valence-electron chi connectivity index (χ0n) is 19.2. The average molecular weight is 445 g/mol. The number of nitrogens with two attached hydrogens (primary N) is 1. The van der Waals surface area contributed by atoms with Gasteiger partial charge in [0, 0.05) is 31.2 Å². The maximum atomic E-state index is 13.5. The molecule has 8 nitrogen and oxygen atoms in total. The average Bonchev–Trinajstić information content (AvgIpc) is 3.10. The topological polar surface area (TPSA) is 110 Å². The van der Waals surface area contributed by atoms with Gasteiger partial charge in [-0.15, -0.1) is 0 Å². The maximum absolute atomic E-state index is 13.5. The number of nitrogens with zero attached hydrogens (tertiary/aromatic N) is 5. The summed E-state index contributed by atoms with van der Waals surface area (Å²) in [6.07, 6.45) is 4.19. The van der Waals surface area contributed by atoms with Crippen molar-refractivity contribution in [1.29, 1.82) is 5.26 Å². The highest BCUT2D eigenvalue weighted by molar-refractivity contribution is 5.96. The summed E-state index contributed by atoms with van der Waals surface area (Å²) in [5.41, 5.74) is 9.42. The Bertz CT molecular complexity index is 1350. The molecular formula is C25H28N6O2.